The van der Waals surface area contributed by atoms with E-state index in [2.05, 4.69) is 16.4 Å². The summed E-state index contributed by atoms with van der Waals surface area (Å²) in [5.41, 5.74) is 3.91. The molecule has 0 bridgehead atoms. The molecular formula is C23H24N6O3. The summed E-state index contributed by atoms with van der Waals surface area (Å²) in [6.45, 7) is 1.34. The van der Waals surface area contributed by atoms with Gasteiger partial charge in [0.05, 0.1) is 17.8 Å². The molecule has 0 aliphatic carbocycles. The van der Waals surface area contributed by atoms with E-state index >= 15 is 0 Å². The number of benzene rings is 1. The van der Waals surface area contributed by atoms with Crippen LogP contribution in [0.25, 0.3) is 17.3 Å². The lowest BCUT2D eigenvalue weighted by molar-refractivity contribution is -0.124. The molecule has 9 heteroatoms. The third-order valence-electron chi connectivity index (χ3n) is 4.94. The highest BCUT2D eigenvalue weighted by molar-refractivity contribution is 5.90. The van der Waals surface area contributed by atoms with Crippen LogP contribution in [-0.2, 0) is 17.9 Å². The number of hydrogen-bond acceptors (Lipinski definition) is 6. The molecule has 3 aromatic rings. The summed E-state index contributed by atoms with van der Waals surface area (Å²) in [6.07, 6.45) is 9.85. The molecule has 1 aromatic carbocycles. The third-order valence-corrected chi connectivity index (χ3v) is 4.94. The average Bonchev–Trinajstić information content (AvgIpc) is 3.30. The number of amides is 1. The van der Waals surface area contributed by atoms with Crippen LogP contribution in [-0.4, -0.2) is 30.7 Å². The van der Waals surface area contributed by atoms with Gasteiger partial charge in [-0.3, -0.25) is 19.5 Å². The van der Waals surface area contributed by atoms with Crippen molar-refractivity contribution in [3.05, 3.63) is 76.3 Å². The monoisotopic (exact) mass is 432 g/mol. The van der Waals surface area contributed by atoms with Crippen molar-refractivity contribution in [2.45, 2.75) is 38.8 Å². The number of carbonyl (C=O) groups is 1. The van der Waals surface area contributed by atoms with Crippen LogP contribution >= 0.6 is 0 Å². The number of pyridine rings is 1. The van der Waals surface area contributed by atoms with E-state index in [9.17, 15) is 9.59 Å². The van der Waals surface area contributed by atoms with Gasteiger partial charge in [0.1, 0.15) is 5.69 Å². The summed E-state index contributed by atoms with van der Waals surface area (Å²) in [4.78, 5) is 23.5. The molecule has 0 fully saturated rings. The van der Waals surface area contributed by atoms with Crippen molar-refractivity contribution in [1.29, 1.82) is 5.26 Å². The molecular weight excluding hydrogens is 408 g/mol. The summed E-state index contributed by atoms with van der Waals surface area (Å²) in [5, 5.41) is 25.9. The molecule has 2 heterocycles. The van der Waals surface area contributed by atoms with Crippen LogP contribution in [0.1, 0.15) is 36.8 Å². The summed E-state index contributed by atoms with van der Waals surface area (Å²) in [6, 6.07) is 12.8. The van der Waals surface area contributed by atoms with Gasteiger partial charge in [-0.1, -0.05) is 30.2 Å². The molecule has 164 valence electrons. The molecule has 0 aliphatic rings. The van der Waals surface area contributed by atoms with E-state index in [1.807, 2.05) is 18.3 Å². The average molecular weight is 432 g/mol. The number of nitrogens with one attached hydrogen (secondary N) is 1. The number of nitriles is 1. The normalized spacial score (nSPS) is 10.9. The fraction of sp³-hybridized carbons (Fsp3) is 0.261. The van der Waals surface area contributed by atoms with E-state index < -0.39 is 5.91 Å². The van der Waals surface area contributed by atoms with E-state index in [1.54, 1.807) is 39.7 Å². The number of rotatable bonds is 10. The zero-order valence-corrected chi connectivity index (χ0v) is 17.5. The third kappa shape index (κ3) is 6.23. The molecule has 9 nitrogen and oxygen atoms in total. The van der Waals surface area contributed by atoms with Gasteiger partial charge < -0.3 is 4.57 Å². The van der Waals surface area contributed by atoms with Crippen LogP contribution in [0.5, 0.6) is 0 Å². The maximum Gasteiger partial charge on any atom is 0.267 e. The first-order chi connectivity index (χ1) is 15.6. The smallest absolute Gasteiger partial charge is 0.267 e. The number of hydroxylamine groups is 1. The first kappa shape index (κ1) is 22.7. The second-order valence-corrected chi connectivity index (χ2v) is 7.25. The molecule has 0 saturated heterocycles. The van der Waals surface area contributed by atoms with E-state index in [1.165, 1.54) is 11.6 Å². The molecule has 0 radical (unpaired) electrons. The quantitative estimate of drug-likeness (QED) is 0.220. The minimum absolute atomic E-state index is 0.176. The Morgan fingerprint density at radius 2 is 1.97 bits per heavy atom. The Balaban J connectivity index is 1.43. The van der Waals surface area contributed by atoms with Gasteiger partial charge in [-0.05, 0) is 43.2 Å². The maximum atomic E-state index is 12.4. The van der Waals surface area contributed by atoms with Crippen molar-refractivity contribution in [2.24, 2.45) is 0 Å². The lowest BCUT2D eigenvalue weighted by atomic mass is 10.1. The maximum absolute atomic E-state index is 12.4. The van der Waals surface area contributed by atoms with Crippen molar-refractivity contribution in [3.63, 3.8) is 0 Å². The zero-order chi connectivity index (χ0) is 22.8. The summed E-state index contributed by atoms with van der Waals surface area (Å²) in [7, 11) is 0. The Labute approximate surface area is 185 Å². The standard InChI is InChI=1S/C23H24N6O3/c24-16-18-7-5-8-20(15-18)21-17-29(27-25-21)14-4-2-1-3-12-28-13-6-9-19(23(28)31)10-11-22(30)26-32/h5-11,13,15,17,32H,1-4,12,14H2,(H,26,30)/b11-10+. The lowest BCUT2D eigenvalue weighted by Gasteiger charge is -2.06. The van der Waals surface area contributed by atoms with Crippen LogP contribution in [0, 0.1) is 11.3 Å². The van der Waals surface area contributed by atoms with Crippen molar-refractivity contribution >= 4 is 12.0 Å². The molecule has 0 unspecified atom stereocenters. The number of aromatic nitrogens is 4. The number of hydrogen-bond donors (Lipinski definition) is 2. The second-order valence-electron chi connectivity index (χ2n) is 7.25. The largest absolute Gasteiger partial charge is 0.315 e. The van der Waals surface area contributed by atoms with Gasteiger partial charge in [-0.15, -0.1) is 5.10 Å². The first-order valence-corrected chi connectivity index (χ1v) is 10.3. The second kappa shape index (κ2) is 11.4. The molecule has 3 rings (SSSR count). The summed E-state index contributed by atoms with van der Waals surface area (Å²) < 4.78 is 3.42. The molecule has 1 amide bonds. The van der Waals surface area contributed by atoms with Crippen molar-refractivity contribution in [3.8, 4) is 17.3 Å². The van der Waals surface area contributed by atoms with Gasteiger partial charge >= 0.3 is 0 Å². The molecule has 0 atom stereocenters. The van der Waals surface area contributed by atoms with Crippen LogP contribution < -0.4 is 11.0 Å². The highest BCUT2D eigenvalue weighted by Gasteiger charge is 2.05. The Morgan fingerprint density at radius 1 is 1.16 bits per heavy atom. The van der Waals surface area contributed by atoms with E-state index in [-0.39, 0.29) is 5.56 Å². The van der Waals surface area contributed by atoms with Crippen molar-refractivity contribution in [1.82, 2.24) is 25.0 Å². The predicted molar refractivity (Wildman–Crippen MR) is 118 cm³/mol. The summed E-state index contributed by atoms with van der Waals surface area (Å²) in [5.74, 6) is -0.685. The molecule has 0 saturated carbocycles. The van der Waals surface area contributed by atoms with Crippen molar-refractivity contribution < 1.29 is 10.0 Å². The van der Waals surface area contributed by atoms with E-state index in [0.29, 0.717) is 17.7 Å². The Kier molecular flexibility index (Phi) is 8.06. The minimum atomic E-state index is -0.685. The van der Waals surface area contributed by atoms with Crippen LogP contribution in [0.15, 0.2) is 59.7 Å². The van der Waals surface area contributed by atoms with Gasteiger partial charge in [0.15, 0.2) is 0 Å². The number of unbranched alkanes of at least 4 members (excludes halogenated alkanes) is 3. The SMILES string of the molecule is N#Cc1cccc(-c2cn(CCCCCCn3cccc(/C=C/C(=O)NO)c3=O)nn2)c1. The van der Waals surface area contributed by atoms with Crippen molar-refractivity contribution in [2.75, 3.05) is 0 Å². The molecule has 2 aromatic heterocycles. The summed E-state index contributed by atoms with van der Waals surface area (Å²) >= 11 is 0. The highest BCUT2D eigenvalue weighted by atomic mass is 16.5. The topological polar surface area (TPSA) is 126 Å². The van der Waals surface area contributed by atoms with Crippen LogP contribution in [0.3, 0.4) is 0 Å². The fourth-order valence-corrected chi connectivity index (χ4v) is 3.26. The van der Waals surface area contributed by atoms with Gasteiger partial charge in [-0.2, -0.15) is 5.26 Å². The molecule has 0 spiro atoms. The van der Waals surface area contributed by atoms with E-state index in [0.717, 1.165) is 49.6 Å². The van der Waals surface area contributed by atoms with E-state index in [4.69, 9.17) is 10.5 Å². The van der Waals surface area contributed by atoms with Gasteiger partial charge in [0.25, 0.3) is 11.5 Å². The number of carbonyl (C=O) groups excluding carboxylic acids is 1. The van der Waals surface area contributed by atoms with Crippen LogP contribution in [0.4, 0.5) is 0 Å². The van der Waals surface area contributed by atoms with Gasteiger partial charge in [-0.25, -0.2) is 5.48 Å². The number of aryl methyl sites for hydroxylation is 2. The van der Waals surface area contributed by atoms with Gasteiger partial charge in [0.2, 0.25) is 0 Å². The minimum Gasteiger partial charge on any atom is -0.315 e. The molecule has 0 aliphatic heterocycles. The molecule has 2 N–H and O–H groups in total. The Hall–Kier alpha value is -4.03. The first-order valence-electron chi connectivity index (χ1n) is 10.3. The Bertz CT molecular complexity index is 1190. The Morgan fingerprint density at radius 3 is 2.75 bits per heavy atom. The highest BCUT2D eigenvalue weighted by Crippen LogP contribution is 2.17. The van der Waals surface area contributed by atoms with Gasteiger partial charge in [0, 0.05) is 36.5 Å². The van der Waals surface area contributed by atoms with Crippen LogP contribution in [0.2, 0.25) is 0 Å². The predicted octanol–water partition coefficient (Wildman–Crippen LogP) is 2.76. The molecule has 32 heavy (non-hydrogen) atoms. The fourth-order valence-electron chi connectivity index (χ4n) is 3.26. The zero-order valence-electron chi connectivity index (χ0n) is 17.5. The number of nitrogens with zero attached hydrogens (tertiary/aromatic N) is 5. The lowest BCUT2D eigenvalue weighted by Crippen LogP contribution is -2.21.